The van der Waals surface area contributed by atoms with Crippen LogP contribution in [0.3, 0.4) is 0 Å². The summed E-state index contributed by atoms with van der Waals surface area (Å²) in [5.74, 6) is -1.35. The van der Waals surface area contributed by atoms with Crippen LogP contribution in [0.2, 0.25) is 0 Å². The van der Waals surface area contributed by atoms with Crippen molar-refractivity contribution in [2.75, 3.05) is 14.2 Å². The number of ether oxygens (including phenoxy) is 2. The molecule has 14 heavy (non-hydrogen) atoms. The van der Waals surface area contributed by atoms with E-state index in [0.717, 1.165) is 5.57 Å². The highest BCUT2D eigenvalue weighted by Crippen LogP contribution is 2.24. The molecule has 1 rings (SSSR count). The first-order valence-electron chi connectivity index (χ1n) is 4.50. The van der Waals surface area contributed by atoms with Crippen molar-refractivity contribution in [2.45, 2.75) is 18.8 Å². The van der Waals surface area contributed by atoms with Crippen molar-refractivity contribution in [3.05, 3.63) is 36.0 Å². The maximum atomic E-state index is 9.92. The maximum Gasteiger partial charge on any atom is 0.216 e. The van der Waals surface area contributed by atoms with E-state index < -0.39 is 11.9 Å². The summed E-state index contributed by atoms with van der Waals surface area (Å²) in [5, 5.41) is 9.92. The molecular weight excluding hydrogens is 180 g/mol. The number of methoxy groups -OCH3 is 2. The highest BCUT2D eigenvalue weighted by molar-refractivity contribution is 5.37. The minimum atomic E-state index is -1.35. The molecule has 2 unspecified atom stereocenters. The molecule has 0 radical (unpaired) electrons. The normalized spacial score (nSPS) is 32.3. The van der Waals surface area contributed by atoms with Crippen molar-refractivity contribution in [3.8, 4) is 0 Å². The molecule has 0 saturated heterocycles. The molecular formula is C11H16O3. The summed E-state index contributed by atoms with van der Waals surface area (Å²) in [6.07, 6.45) is 8.63. The molecule has 0 heterocycles. The van der Waals surface area contributed by atoms with Gasteiger partial charge in [0.15, 0.2) is 0 Å². The van der Waals surface area contributed by atoms with E-state index in [4.69, 9.17) is 9.47 Å². The number of allylic oxidation sites excluding steroid dienone is 4. The predicted octanol–water partition coefficient (Wildman–Crippen LogP) is 1.41. The van der Waals surface area contributed by atoms with Crippen LogP contribution in [0, 0.1) is 0 Å². The Hall–Kier alpha value is -0.900. The third kappa shape index (κ3) is 2.12. The van der Waals surface area contributed by atoms with Crippen LogP contribution in [0.15, 0.2) is 36.0 Å². The van der Waals surface area contributed by atoms with Gasteiger partial charge in [-0.25, -0.2) is 0 Å². The highest BCUT2D eigenvalue weighted by Gasteiger charge is 2.35. The second-order valence-corrected chi connectivity index (χ2v) is 3.11. The van der Waals surface area contributed by atoms with E-state index in [1.165, 1.54) is 14.2 Å². The first kappa shape index (κ1) is 11.2. The van der Waals surface area contributed by atoms with Crippen molar-refractivity contribution in [2.24, 2.45) is 0 Å². The van der Waals surface area contributed by atoms with Crippen LogP contribution in [0.5, 0.6) is 0 Å². The van der Waals surface area contributed by atoms with Crippen molar-refractivity contribution in [1.29, 1.82) is 0 Å². The van der Waals surface area contributed by atoms with Gasteiger partial charge in [-0.3, -0.25) is 0 Å². The summed E-state index contributed by atoms with van der Waals surface area (Å²) in [4.78, 5) is 0. The van der Waals surface area contributed by atoms with Crippen molar-refractivity contribution < 1.29 is 14.6 Å². The smallest absolute Gasteiger partial charge is 0.216 e. The lowest BCUT2D eigenvalue weighted by molar-refractivity contribution is -0.202. The lowest BCUT2D eigenvalue weighted by Crippen LogP contribution is -2.43. The predicted molar refractivity (Wildman–Crippen MR) is 54.8 cm³/mol. The average Bonchev–Trinajstić information content (AvgIpc) is 2.21. The van der Waals surface area contributed by atoms with Crippen LogP contribution in [0.1, 0.15) is 6.92 Å². The molecule has 0 aromatic heterocycles. The van der Waals surface area contributed by atoms with Crippen LogP contribution in [-0.2, 0) is 9.47 Å². The van der Waals surface area contributed by atoms with E-state index in [1.54, 1.807) is 12.2 Å². The van der Waals surface area contributed by atoms with E-state index in [1.807, 2.05) is 25.2 Å². The van der Waals surface area contributed by atoms with Gasteiger partial charge in [-0.2, -0.15) is 0 Å². The van der Waals surface area contributed by atoms with Crippen molar-refractivity contribution in [3.63, 3.8) is 0 Å². The molecule has 0 fully saturated rings. The molecule has 0 bridgehead atoms. The lowest BCUT2D eigenvalue weighted by atomic mass is 9.98. The fourth-order valence-corrected chi connectivity index (χ4v) is 1.38. The minimum absolute atomic E-state index is 0.469. The summed E-state index contributed by atoms with van der Waals surface area (Å²) < 4.78 is 10.1. The standard InChI is InChI=1S/C11H16O3/c1-4-5-9-6-7-11(12,14-3)10(8-9)13-2/h4-8,10,12H,1-3H3. The van der Waals surface area contributed by atoms with Crippen molar-refractivity contribution >= 4 is 0 Å². The molecule has 1 aliphatic rings. The van der Waals surface area contributed by atoms with Gasteiger partial charge in [-0.1, -0.05) is 18.2 Å². The Balaban J connectivity index is 2.90. The Labute approximate surface area is 84.3 Å². The fourth-order valence-electron chi connectivity index (χ4n) is 1.38. The number of aliphatic hydroxyl groups is 1. The van der Waals surface area contributed by atoms with Crippen LogP contribution in [0.25, 0.3) is 0 Å². The summed E-state index contributed by atoms with van der Waals surface area (Å²) in [6, 6.07) is 0. The van der Waals surface area contributed by atoms with Crippen LogP contribution in [0.4, 0.5) is 0 Å². The summed E-state index contributed by atoms with van der Waals surface area (Å²) >= 11 is 0. The molecule has 1 N–H and O–H groups in total. The molecule has 0 aliphatic heterocycles. The Morgan fingerprint density at radius 2 is 2.21 bits per heavy atom. The van der Waals surface area contributed by atoms with Crippen LogP contribution < -0.4 is 0 Å². The summed E-state index contributed by atoms with van der Waals surface area (Å²) in [7, 11) is 2.99. The van der Waals surface area contributed by atoms with Gasteiger partial charge >= 0.3 is 0 Å². The summed E-state index contributed by atoms with van der Waals surface area (Å²) in [6.45, 7) is 1.94. The first-order valence-corrected chi connectivity index (χ1v) is 4.50. The zero-order valence-electron chi connectivity index (χ0n) is 8.73. The molecule has 0 spiro atoms. The van der Waals surface area contributed by atoms with Gasteiger partial charge in [0.25, 0.3) is 0 Å². The lowest BCUT2D eigenvalue weighted by Gasteiger charge is -2.31. The van der Waals surface area contributed by atoms with E-state index in [-0.39, 0.29) is 0 Å². The largest absolute Gasteiger partial charge is 0.371 e. The molecule has 0 saturated carbocycles. The molecule has 78 valence electrons. The van der Waals surface area contributed by atoms with Crippen LogP contribution >= 0.6 is 0 Å². The Morgan fingerprint density at radius 1 is 1.50 bits per heavy atom. The topological polar surface area (TPSA) is 38.7 Å². The molecule has 3 heteroatoms. The van der Waals surface area contributed by atoms with Gasteiger partial charge in [-0.15, -0.1) is 0 Å². The zero-order chi connectivity index (χ0) is 10.6. The highest BCUT2D eigenvalue weighted by atomic mass is 16.6. The number of hydrogen-bond donors (Lipinski definition) is 1. The second kappa shape index (κ2) is 4.55. The molecule has 0 aromatic rings. The monoisotopic (exact) mass is 196 g/mol. The number of hydrogen-bond acceptors (Lipinski definition) is 3. The van der Waals surface area contributed by atoms with Crippen LogP contribution in [-0.4, -0.2) is 31.2 Å². The van der Waals surface area contributed by atoms with Gasteiger partial charge < -0.3 is 14.6 Å². The number of rotatable bonds is 3. The zero-order valence-corrected chi connectivity index (χ0v) is 8.73. The fraction of sp³-hybridized carbons (Fsp3) is 0.455. The molecule has 0 amide bonds. The van der Waals surface area contributed by atoms with E-state index >= 15 is 0 Å². The van der Waals surface area contributed by atoms with Gasteiger partial charge in [0.1, 0.15) is 6.10 Å². The maximum absolute atomic E-state index is 9.92. The molecule has 2 atom stereocenters. The second-order valence-electron chi connectivity index (χ2n) is 3.11. The van der Waals surface area contributed by atoms with Gasteiger partial charge in [0, 0.05) is 14.2 Å². The third-order valence-corrected chi connectivity index (χ3v) is 2.21. The average molecular weight is 196 g/mol. The van der Waals surface area contributed by atoms with E-state index in [0.29, 0.717) is 0 Å². The third-order valence-electron chi connectivity index (χ3n) is 2.21. The first-order chi connectivity index (χ1) is 6.66. The quantitative estimate of drug-likeness (QED) is 0.693. The molecule has 1 aliphatic carbocycles. The molecule has 0 aromatic carbocycles. The van der Waals surface area contributed by atoms with Gasteiger partial charge in [0.05, 0.1) is 0 Å². The minimum Gasteiger partial charge on any atom is -0.371 e. The van der Waals surface area contributed by atoms with E-state index in [2.05, 4.69) is 0 Å². The Morgan fingerprint density at radius 3 is 2.71 bits per heavy atom. The Bertz CT molecular complexity index is 278. The summed E-state index contributed by atoms with van der Waals surface area (Å²) in [5.41, 5.74) is 1.00. The SMILES string of the molecule is CC=CC1=CC(OC)C(O)(OC)C=C1. The Kier molecular flexibility index (Phi) is 3.63. The van der Waals surface area contributed by atoms with Crippen molar-refractivity contribution in [1.82, 2.24) is 0 Å². The molecule has 3 nitrogen and oxygen atoms in total. The van der Waals surface area contributed by atoms with Gasteiger partial charge in [-0.05, 0) is 24.6 Å². The van der Waals surface area contributed by atoms with Gasteiger partial charge in [0.2, 0.25) is 5.79 Å². The van der Waals surface area contributed by atoms with E-state index in [9.17, 15) is 5.11 Å².